The number of rotatable bonds is 11. The van der Waals surface area contributed by atoms with E-state index in [4.69, 9.17) is 0 Å². The van der Waals surface area contributed by atoms with E-state index in [1.807, 2.05) is 0 Å². The molecular formula is C22H38IN5O2. The van der Waals surface area contributed by atoms with Crippen LogP contribution in [-0.2, 0) is 9.59 Å². The molecule has 170 valence electrons. The van der Waals surface area contributed by atoms with Crippen molar-refractivity contribution in [2.75, 3.05) is 47.3 Å². The number of fused-ring (bicyclic) bond motifs is 5. The molecule has 0 aromatic heterocycles. The Kier molecular flexibility index (Phi) is 10.1. The molecule has 7 nitrogen and oxygen atoms in total. The number of hydrogen-bond donors (Lipinski definition) is 2. The van der Waals surface area contributed by atoms with E-state index in [9.17, 15) is 9.59 Å². The largest absolute Gasteiger partial charge is 0.356 e. The van der Waals surface area contributed by atoms with Gasteiger partial charge in [0.25, 0.3) is 0 Å². The molecule has 4 unspecified atom stereocenters. The monoisotopic (exact) mass is 531 g/mol. The molecule has 3 rings (SSSR count). The van der Waals surface area contributed by atoms with Crippen molar-refractivity contribution >= 4 is 41.8 Å². The summed E-state index contributed by atoms with van der Waals surface area (Å²) in [5.74, 6) is 1.12. The molecule has 1 saturated heterocycles. The first-order valence-corrected chi connectivity index (χ1v) is 11.2. The van der Waals surface area contributed by atoms with Crippen molar-refractivity contribution in [3.63, 3.8) is 0 Å². The number of guanidine groups is 1. The van der Waals surface area contributed by atoms with Gasteiger partial charge >= 0.3 is 0 Å². The fraction of sp³-hybridized carbons (Fsp3) is 0.773. The predicted molar refractivity (Wildman–Crippen MR) is 131 cm³/mol. The molecule has 2 aliphatic carbocycles. The van der Waals surface area contributed by atoms with E-state index in [1.54, 1.807) is 7.05 Å². The maximum absolute atomic E-state index is 12.7. The molecule has 0 aromatic rings. The van der Waals surface area contributed by atoms with Gasteiger partial charge in [0.2, 0.25) is 11.8 Å². The third-order valence-electron chi connectivity index (χ3n) is 6.49. The zero-order chi connectivity index (χ0) is 20.8. The van der Waals surface area contributed by atoms with Gasteiger partial charge in [0.05, 0.1) is 11.8 Å². The van der Waals surface area contributed by atoms with E-state index < -0.39 is 0 Å². The lowest BCUT2D eigenvalue weighted by Crippen LogP contribution is -2.43. The third-order valence-corrected chi connectivity index (χ3v) is 6.49. The van der Waals surface area contributed by atoms with E-state index in [-0.39, 0.29) is 59.5 Å². The average Bonchev–Trinajstić information content (AvgIpc) is 3.37. The maximum atomic E-state index is 12.7. The summed E-state index contributed by atoms with van der Waals surface area (Å²) in [6.07, 6.45) is 11.4. The Morgan fingerprint density at radius 1 is 1.00 bits per heavy atom. The van der Waals surface area contributed by atoms with Crippen LogP contribution in [0.25, 0.3) is 0 Å². The standard InChI is InChI=1S/C22H37N5O2.HI/c1-23-22(24-11-7-5-4-6-8-13-26(2)3)25-12-14-27-20(28)18-16-9-10-17(15-16)19(18)21(27)29;/h9-10,16-19H,4-8,11-15H2,1-3H3,(H2,23,24,25);1H. The molecule has 0 aromatic carbocycles. The Morgan fingerprint density at radius 3 is 2.17 bits per heavy atom. The van der Waals surface area contributed by atoms with Gasteiger partial charge in [-0.05, 0) is 51.7 Å². The van der Waals surface area contributed by atoms with Crippen LogP contribution in [0.2, 0.25) is 0 Å². The van der Waals surface area contributed by atoms with Crippen LogP contribution in [0.5, 0.6) is 0 Å². The van der Waals surface area contributed by atoms with Gasteiger partial charge in [-0.25, -0.2) is 0 Å². The van der Waals surface area contributed by atoms with E-state index >= 15 is 0 Å². The first-order chi connectivity index (χ1) is 14.0. The SMILES string of the molecule is CN=C(NCCCCCCCN(C)C)NCCN1C(=O)C2C3C=CC(C3)C2C1=O.I. The molecular weight excluding hydrogens is 493 g/mol. The minimum Gasteiger partial charge on any atom is -0.356 e. The van der Waals surface area contributed by atoms with Gasteiger partial charge in [0.15, 0.2) is 5.96 Å². The number of amides is 2. The Hall–Kier alpha value is -1.16. The Balaban J connectivity index is 0.00000320. The van der Waals surface area contributed by atoms with Crippen molar-refractivity contribution in [1.82, 2.24) is 20.4 Å². The Bertz CT molecular complexity index is 621. The van der Waals surface area contributed by atoms with Gasteiger partial charge in [-0.3, -0.25) is 19.5 Å². The van der Waals surface area contributed by atoms with Crippen LogP contribution >= 0.6 is 24.0 Å². The lowest BCUT2D eigenvalue weighted by Gasteiger charge is -2.18. The minimum absolute atomic E-state index is 0. The average molecular weight is 531 g/mol. The molecule has 3 aliphatic rings. The number of hydrogen-bond acceptors (Lipinski definition) is 4. The van der Waals surface area contributed by atoms with Crippen molar-refractivity contribution in [1.29, 1.82) is 0 Å². The third kappa shape index (κ3) is 5.96. The molecule has 2 N–H and O–H groups in total. The van der Waals surface area contributed by atoms with Gasteiger partial charge in [0.1, 0.15) is 0 Å². The second kappa shape index (κ2) is 12.0. The molecule has 2 bridgehead atoms. The summed E-state index contributed by atoms with van der Waals surface area (Å²) in [4.78, 5) is 33.3. The van der Waals surface area contributed by atoms with Crippen LogP contribution in [0.3, 0.4) is 0 Å². The Labute approximate surface area is 198 Å². The summed E-state index contributed by atoms with van der Waals surface area (Å²) in [6.45, 7) is 2.99. The van der Waals surface area contributed by atoms with Gasteiger partial charge < -0.3 is 15.5 Å². The van der Waals surface area contributed by atoms with E-state index in [2.05, 4.69) is 46.8 Å². The summed E-state index contributed by atoms with van der Waals surface area (Å²) in [5.41, 5.74) is 0. The maximum Gasteiger partial charge on any atom is 0.233 e. The molecule has 0 radical (unpaired) electrons. The van der Waals surface area contributed by atoms with Crippen molar-refractivity contribution in [2.24, 2.45) is 28.7 Å². The topological polar surface area (TPSA) is 77.0 Å². The smallest absolute Gasteiger partial charge is 0.233 e. The van der Waals surface area contributed by atoms with Crippen molar-refractivity contribution in [2.45, 2.75) is 38.5 Å². The molecule has 1 heterocycles. The van der Waals surface area contributed by atoms with Crippen LogP contribution in [0.1, 0.15) is 38.5 Å². The summed E-state index contributed by atoms with van der Waals surface area (Å²) in [6, 6.07) is 0. The van der Waals surface area contributed by atoms with Gasteiger partial charge in [0, 0.05) is 26.7 Å². The number of allylic oxidation sites excluding steroid dienone is 2. The van der Waals surface area contributed by atoms with Crippen molar-refractivity contribution < 1.29 is 9.59 Å². The quantitative estimate of drug-likeness (QED) is 0.107. The number of carbonyl (C=O) groups is 2. The second-order valence-corrected chi connectivity index (χ2v) is 8.82. The van der Waals surface area contributed by atoms with Crippen molar-refractivity contribution in [3.8, 4) is 0 Å². The lowest BCUT2D eigenvalue weighted by atomic mass is 9.85. The van der Waals surface area contributed by atoms with E-state index in [0.29, 0.717) is 13.1 Å². The normalized spacial score (nSPS) is 27.1. The van der Waals surface area contributed by atoms with Crippen LogP contribution in [0.15, 0.2) is 17.1 Å². The highest BCUT2D eigenvalue weighted by molar-refractivity contribution is 14.0. The van der Waals surface area contributed by atoms with Crippen LogP contribution in [0, 0.1) is 23.7 Å². The number of aliphatic imine (C=N–C) groups is 1. The van der Waals surface area contributed by atoms with Crippen LogP contribution < -0.4 is 10.6 Å². The molecule has 1 saturated carbocycles. The summed E-state index contributed by atoms with van der Waals surface area (Å²) in [7, 11) is 5.98. The number of imide groups is 1. The first kappa shape index (κ1) is 25.1. The highest BCUT2D eigenvalue weighted by Gasteiger charge is 2.58. The molecule has 2 amide bonds. The second-order valence-electron chi connectivity index (χ2n) is 8.82. The number of likely N-dealkylation sites (tertiary alicyclic amines) is 1. The van der Waals surface area contributed by atoms with Gasteiger partial charge in [-0.2, -0.15) is 0 Å². The molecule has 2 fully saturated rings. The molecule has 30 heavy (non-hydrogen) atoms. The van der Waals surface area contributed by atoms with E-state index in [1.165, 1.54) is 30.6 Å². The number of carbonyl (C=O) groups excluding carboxylic acids is 2. The zero-order valence-corrected chi connectivity index (χ0v) is 20.9. The number of unbranched alkanes of at least 4 members (excludes halogenated alkanes) is 4. The summed E-state index contributed by atoms with van der Waals surface area (Å²) >= 11 is 0. The van der Waals surface area contributed by atoms with Crippen molar-refractivity contribution in [3.05, 3.63) is 12.2 Å². The summed E-state index contributed by atoms with van der Waals surface area (Å²) in [5, 5.41) is 6.56. The molecule has 0 spiro atoms. The number of nitrogens with zero attached hydrogens (tertiary/aromatic N) is 3. The van der Waals surface area contributed by atoms with Gasteiger partial charge in [-0.1, -0.05) is 31.4 Å². The number of nitrogens with one attached hydrogen (secondary N) is 2. The lowest BCUT2D eigenvalue weighted by molar-refractivity contribution is -0.140. The van der Waals surface area contributed by atoms with Crippen LogP contribution in [0.4, 0.5) is 0 Å². The fourth-order valence-electron chi connectivity index (χ4n) is 4.98. The first-order valence-electron chi connectivity index (χ1n) is 11.2. The highest BCUT2D eigenvalue weighted by Crippen LogP contribution is 2.52. The fourth-order valence-corrected chi connectivity index (χ4v) is 4.98. The highest BCUT2D eigenvalue weighted by atomic mass is 127. The minimum atomic E-state index is -0.104. The predicted octanol–water partition coefficient (Wildman–Crippen LogP) is 2.09. The van der Waals surface area contributed by atoms with Gasteiger partial charge in [-0.15, -0.1) is 24.0 Å². The van der Waals surface area contributed by atoms with E-state index in [0.717, 1.165) is 31.9 Å². The molecule has 1 aliphatic heterocycles. The molecule has 8 heteroatoms. The number of halogens is 1. The summed E-state index contributed by atoms with van der Waals surface area (Å²) < 4.78 is 0. The van der Waals surface area contributed by atoms with Crippen LogP contribution in [-0.4, -0.2) is 74.9 Å². The molecule has 4 atom stereocenters. The Morgan fingerprint density at radius 2 is 1.57 bits per heavy atom. The zero-order valence-electron chi connectivity index (χ0n) is 18.6.